The molecule has 0 radical (unpaired) electrons. The summed E-state index contributed by atoms with van der Waals surface area (Å²) in [5.41, 5.74) is -1.80. The van der Waals surface area contributed by atoms with E-state index in [1.54, 1.807) is 0 Å². The number of amides is 1. The van der Waals surface area contributed by atoms with Crippen molar-refractivity contribution in [2.24, 2.45) is 7.05 Å². The Morgan fingerprint density at radius 1 is 0.962 bits per heavy atom. The number of aromatic nitrogens is 3. The Labute approximate surface area is 145 Å². The number of anilines is 1. The summed E-state index contributed by atoms with van der Waals surface area (Å²) >= 11 is 0. The zero-order valence-corrected chi connectivity index (χ0v) is 13.4. The number of rotatable bonds is 3. The fourth-order valence-electron chi connectivity index (χ4n) is 2.19. The standard InChI is InChI=1S/C17H12F2N4O3/c1-22-16(25)14(15(24)20-12-6-2-10(18)3-7-12)21-23(17(22)26)13-8-4-11(19)5-9-13/h2-9H,1H3,(H,20,24). The zero-order valence-electron chi connectivity index (χ0n) is 13.4. The van der Waals surface area contributed by atoms with Crippen LogP contribution in [-0.4, -0.2) is 20.3 Å². The van der Waals surface area contributed by atoms with Crippen molar-refractivity contribution in [1.82, 2.24) is 14.3 Å². The third kappa shape index (κ3) is 3.27. The van der Waals surface area contributed by atoms with Crippen molar-refractivity contribution in [1.29, 1.82) is 0 Å². The molecule has 1 aromatic heterocycles. The van der Waals surface area contributed by atoms with Gasteiger partial charge in [-0.1, -0.05) is 0 Å². The molecule has 9 heteroatoms. The molecule has 0 atom stereocenters. The van der Waals surface area contributed by atoms with Crippen LogP contribution in [0.25, 0.3) is 5.69 Å². The molecule has 0 unspecified atom stereocenters. The van der Waals surface area contributed by atoms with Crippen LogP contribution in [0.5, 0.6) is 0 Å². The molecule has 0 bridgehead atoms. The number of hydrogen-bond acceptors (Lipinski definition) is 4. The van der Waals surface area contributed by atoms with E-state index in [0.717, 1.165) is 33.5 Å². The molecule has 0 saturated heterocycles. The molecule has 7 nitrogen and oxygen atoms in total. The monoisotopic (exact) mass is 358 g/mol. The first-order valence-electron chi connectivity index (χ1n) is 7.40. The van der Waals surface area contributed by atoms with Crippen LogP contribution >= 0.6 is 0 Å². The maximum Gasteiger partial charge on any atom is 0.351 e. The molecule has 1 N–H and O–H groups in total. The van der Waals surface area contributed by atoms with Gasteiger partial charge in [0.1, 0.15) is 11.6 Å². The Hall–Kier alpha value is -3.62. The minimum absolute atomic E-state index is 0.183. The van der Waals surface area contributed by atoms with Gasteiger partial charge in [-0.3, -0.25) is 14.2 Å². The van der Waals surface area contributed by atoms with Crippen LogP contribution in [-0.2, 0) is 7.05 Å². The summed E-state index contributed by atoms with van der Waals surface area (Å²) in [6.45, 7) is 0. The van der Waals surface area contributed by atoms with Crippen LogP contribution < -0.4 is 16.6 Å². The van der Waals surface area contributed by atoms with Crippen LogP contribution in [0, 0.1) is 11.6 Å². The van der Waals surface area contributed by atoms with Gasteiger partial charge in [0.05, 0.1) is 5.69 Å². The van der Waals surface area contributed by atoms with E-state index in [2.05, 4.69) is 10.4 Å². The van der Waals surface area contributed by atoms with E-state index in [1.807, 2.05) is 0 Å². The number of nitrogens with one attached hydrogen (secondary N) is 1. The molecule has 0 aliphatic carbocycles. The first-order valence-corrected chi connectivity index (χ1v) is 7.40. The van der Waals surface area contributed by atoms with E-state index in [-0.39, 0.29) is 11.4 Å². The molecular weight excluding hydrogens is 346 g/mol. The van der Waals surface area contributed by atoms with E-state index in [9.17, 15) is 23.2 Å². The van der Waals surface area contributed by atoms with Gasteiger partial charge in [-0.2, -0.15) is 9.78 Å². The predicted molar refractivity (Wildman–Crippen MR) is 89.4 cm³/mol. The molecule has 1 amide bonds. The quantitative estimate of drug-likeness (QED) is 0.768. The highest BCUT2D eigenvalue weighted by Crippen LogP contribution is 2.09. The van der Waals surface area contributed by atoms with E-state index < -0.39 is 34.5 Å². The van der Waals surface area contributed by atoms with Crippen molar-refractivity contribution in [2.45, 2.75) is 0 Å². The average Bonchev–Trinajstić information content (AvgIpc) is 2.63. The number of hydrogen-bond donors (Lipinski definition) is 1. The molecule has 0 spiro atoms. The first kappa shape index (κ1) is 17.2. The van der Waals surface area contributed by atoms with Crippen LogP contribution in [0.4, 0.5) is 14.5 Å². The lowest BCUT2D eigenvalue weighted by molar-refractivity contribution is 0.101. The van der Waals surface area contributed by atoms with Gasteiger partial charge in [0.25, 0.3) is 11.5 Å². The highest BCUT2D eigenvalue weighted by Gasteiger charge is 2.19. The molecule has 0 saturated carbocycles. The summed E-state index contributed by atoms with van der Waals surface area (Å²) in [5, 5.41) is 6.21. The van der Waals surface area contributed by atoms with Gasteiger partial charge >= 0.3 is 5.69 Å². The highest BCUT2D eigenvalue weighted by atomic mass is 19.1. The van der Waals surface area contributed by atoms with E-state index in [0.29, 0.717) is 0 Å². The van der Waals surface area contributed by atoms with Crippen molar-refractivity contribution < 1.29 is 13.6 Å². The van der Waals surface area contributed by atoms with Gasteiger partial charge in [0.2, 0.25) is 5.69 Å². The average molecular weight is 358 g/mol. The minimum atomic E-state index is -0.895. The molecule has 0 fully saturated rings. The van der Waals surface area contributed by atoms with Crippen LogP contribution in [0.1, 0.15) is 10.5 Å². The summed E-state index contributed by atoms with van der Waals surface area (Å²) in [6, 6.07) is 9.72. The summed E-state index contributed by atoms with van der Waals surface area (Å²) < 4.78 is 27.5. The molecule has 132 valence electrons. The fourth-order valence-corrected chi connectivity index (χ4v) is 2.19. The largest absolute Gasteiger partial charge is 0.351 e. The second kappa shape index (κ2) is 6.71. The minimum Gasteiger partial charge on any atom is -0.320 e. The van der Waals surface area contributed by atoms with Gasteiger partial charge in [-0.25, -0.2) is 13.6 Å². The highest BCUT2D eigenvalue weighted by molar-refractivity contribution is 6.02. The van der Waals surface area contributed by atoms with Crippen molar-refractivity contribution in [3.63, 3.8) is 0 Å². The van der Waals surface area contributed by atoms with Crippen LogP contribution in [0.2, 0.25) is 0 Å². The smallest absolute Gasteiger partial charge is 0.320 e. The Morgan fingerprint density at radius 3 is 2.08 bits per heavy atom. The lowest BCUT2D eigenvalue weighted by Gasteiger charge is -2.09. The number of carbonyl (C=O) groups is 1. The number of nitrogens with zero attached hydrogens (tertiary/aromatic N) is 3. The molecule has 0 aliphatic rings. The van der Waals surface area contributed by atoms with E-state index in [4.69, 9.17) is 0 Å². The summed E-state index contributed by atoms with van der Waals surface area (Å²) in [5.74, 6) is -1.86. The van der Waals surface area contributed by atoms with Crippen molar-refractivity contribution in [2.75, 3.05) is 5.32 Å². The third-order valence-electron chi connectivity index (χ3n) is 3.56. The predicted octanol–water partition coefficient (Wildman–Crippen LogP) is 1.46. The van der Waals surface area contributed by atoms with E-state index >= 15 is 0 Å². The third-order valence-corrected chi connectivity index (χ3v) is 3.56. The van der Waals surface area contributed by atoms with Crippen molar-refractivity contribution in [3.05, 3.63) is 86.7 Å². The maximum absolute atomic E-state index is 13.1. The Bertz CT molecular complexity index is 1090. The number of carbonyl (C=O) groups excluding carboxylic acids is 1. The lowest BCUT2D eigenvalue weighted by Crippen LogP contribution is -2.43. The Kier molecular flexibility index (Phi) is 4.44. The SMILES string of the molecule is Cn1c(=O)c(C(=O)Nc2ccc(F)cc2)nn(-c2ccc(F)cc2)c1=O. The summed E-state index contributed by atoms with van der Waals surface area (Å²) in [7, 11) is 1.20. The lowest BCUT2D eigenvalue weighted by atomic mass is 10.3. The second-order valence-corrected chi connectivity index (χ2v) is 5.34. The van der Waals surface area contributed by atoms with Crippen molar-refractivity contribution in [3.8, 4) is 5.69 Å². The van der Waals surface area contributed by atoms with Crippen LogP contribution in [0.15, 0.2) is 58.1 Å². The Balaban J connectivity index is 2.05. The topological polar surface area (TPSA) is 86.0 Å². The molecule has 26 heavy (non-hydrogen) atoms. The van der Waals surface area contributed by atoms with Crippen LogP contribution in [0.3, 0.4) is 0 Å². The van der Waals surface area contributed by atoms with Gasteiger partial charge in [0.15, 0.2) is 0 Å². The molecular formula is C17H12F2N4O3. The number of halogens is 2. The summed E-state index contributed by atoms with van der Waals surface area (Å²) in [4.78, 5) is 36.8. The van der Waals surface area contributed by atoms with Crippen molar-refractivity contribution >= 4 is 11.6 Å². The second-order valence-electron chi connectivity index (χ2n) is 5.34. The summed E-state index contributed by atoms with van der Waals surface area (Å²) in [6.07, 6.45) is 0. The molecule has 3 aromatic rings. The van der Waals surface area contributed by atoms with E-state index in [1.165, 1.54) is 31.3 Å². The molecule has 1 heterocycles. The molecule has 0 aliphatic heterocycles. The first-order chi connectivity index (χ1) is 12.4. The molecule has 2 aromatic carbocycles. The molecule has 3 rings (SSSR count). The Morgan fingerprint density at radius 2 is 1.50 bits per heavy atom. The number of benzene rings is 2. The fraction of sp³-hybridized carbons (Fsp3) is 0.0588. The van der Waals surface area contributed by atoms with Gasteiger partial charge in [-0.05, 0) is 48.5 Å². The maximum atomic E-state index is 13.1. The zero-order chi connectivity index (χ0) is 18.8. The normalized spacial score (nSPS) is 10.6. The van der Waals surface area contributed by atoms with Gasteiger partial charge in [-0.15, -0.1) is 0 Å². The van der Waals surface area contributed by atoms with Gasteiger partial charge < -0.3 is 5.32 Å². The van der Waals surface area contributed by atoms with Gasteiger partial charge in [0, 0.05) is 12.7 Å².